The Labute approximate surface area is 119 Å². The van der Waals surface area contributed by atoms with Gasteiger partial charge in [0.15, 0.2) is 11.5 Å². The van der Waals surface area contributed by atoms with Crippen molar-refractivity contribution in [3.05, 3.63) is 48.0 Å². The van der Waals surface area contributed by atoms with E-state index in [-0.39, 0.29) is 0 Å². The molecule has 5 nitrogen and oxygen atoms in total. The topological polar surface area (TPSA) is 56.3 Å². The van der Waals surface area contributed by atoms with Crippen molar-refractivity contribution in [3.8, 4) is 11.5 Å². The van der Waals surface area contributed by atoms with Crippen LogP contribution in [0.25, 0.3) is 0 Å². The van der Waals surface area contributed by atoms with E-state index < -0.39 is 0 Å². The number of nitrogens with zero attached hydrogens (tertiary/aromatic N) is 2. The minimum atomic E-state index is 0.632. The molecule has 0 amide bonds. The number of aromatic nitrogens is 2. The molecule has 0 aliphatic rings. The Bertz CT molecular complexity index is 532. The van der Waals surface area contributed by atoms with Gasteiger partial charge in [0.1, 0.15) is 0 Å². The highest BCUT2D eigenvalue weighted by atomic mass is 16.5. The van der Waals surface area contributed by atoms with Gasteiger partial charge in [-0.15, -0.1) is 0 Å². The number of methoxy groups -OCH3 is 2. The molecular formula is C15H19N3O2. The molecule has 0 unspecified atom stereocenters. The summed E-state index contributed by atoms with van der Waals surface area (Å²) in [5.41, 5.74) is 1.92. The van der Waals surface area contributed by atoms with Crippen LogP contribution in [0, 0.1) is 0 Å². The van der Waals surface area contributed by atoms with E-state index in [9.17, 15) is 0 Å². The normalized spacial score (nSPS) is 10.3. The molecular weight excluding hydrogens is 254 g/mol. The molecule has 0 aromatic carbocycles. The van der Waals surface area contributed by atoms with Gasteiger partial charge >= 0.3 is 0 Å². The van der Waals surface area contributed by atoms with Crippen molar-refractivity contribution in [2.24, 2.45) is 0 Å². The highest BCUT2D eigenvalue weighted by molar-refractivity contribution is 5.42. The molecule has 0 atom stereocenters. The summed E-state index contributed by atoms with van der Waals surface area (Å²) in [6.07, 6.45) is 4.41. The van der Waals surface area contributed by atoms with Crippen molar-refractivity contribution in [2.75, 3.05) is 20.8 Å². The fourth-order valence-electron chi connectivity index (χ4n) is 1.95. The Morgan fingerprint density at radius 1 is 1.05 bits per heavy atom. The van der Waals surface area contributed by atoms with Crippen molar-refractivity contribution in [1.82, 2.24) is 15.3 Å². The summed E-state index contributed by atoms with van der Waals surface area (Å²) in [7, 11) is 3.24. The van der Waals surface area contributed by atoms with E-state index in [4.69, 9.17) is 9.47 Å². The van der Waals surface area contributed by atoms with E-state index in [0.717, 1.165) is 24.4 Å². The molecule has 0 saturated carbocycles. The molecule has 20 heavy (non-hydrogen) atoms. The molecule has 2 aromatic heterocycles. The molecule has 0 radical (unpaired) electrons. The fraction of sp³-hybridized carbons (Fsp3) is 0.333. The van der Waals surface area contributed by atoms with E-state index in [1.54, 1.807) is 26.5 Å². The lowest BCUT2D eigenvalue weighted by atomic mass is 10.2. The van der Waals surface area contributed by atoms with Crippen LogP contribution in [-0.4, -0.2) is 30.7 Å². The zero-order chi connectivity index (χ0) is 14.2. The average molecular weight is 273 g/mol. The van der Waals surface area contributed by atoms with Gasteiger partial charge in [-0.25, -0.2) is 0 Å². The number of rotatable bonds is 7. The molecule has 1 N–H and O–H groups in total. The molecule has 0 spiro atoms. The number of hydrogen-bond donors (Lipinski definition) is 1. The number of nitrogens with one attached hydrogen (secondary N) is 1. The highest BCUT2D eigenvalue weighted by Crippen LogP contribution is 2.28. The van der Waals surface area contributed by atoms with Crippen LogP contribution in [0.2, 0.25) is 0 Å². The lowest BCUT2D eigenvalue weighted by molar-refractivity contribution is 0.348. The van der Waals surface area contributed by atoms with Gasteiger partial charge in [0.25, 0.3) is 0 Å². The first-order valence-corrected chi connectivity index (χ1v) is 6.51. The van der Waals surface area contributed by atoms with Gasteiger partial charge in [0.05, 0.1) is 19.9 Å². The maximum atomic E-state index is 5.34. The first kappa shape index (κ1) is 14.3. The molecule has 2 rings (SSSR count). The highest BCUT2D eigenvalue weighted by Gasteiger charge is 2.10. The zero-order valence-electron chi connectivity index (χ0n) is 11.8. The van der Waals surface area contributed by atoms with E-state index >= 15 is 0 Å². The lowest BCUT2D eigenvalue weighted by Gasteiger charge is -2.12. The lowest BCUT2D eigenvalue weighted by Crippen LogP contribution is -2.18. The van der Waals surface area contributed by atoms with Gasteiger partial charge in [-0.2, -0.15) is 0 Å². The summed E-state index contributed by atoms with van der Waals surface area (Å²) in [5, 5.41) is 3.34. The van der Waals surface area contributed by atoms with Crippen LogP contribution in [0.5, 0.6) is 11.5 Å². The minimum absolute atomic E-state index is 0.632. The third kappa shape index (κ3) is 3.68. The van der Waals surface area contributed by atoms with Crippen molar-refractivity contribution in [3.63, 3.8) is 0 Å². The van der Waals surface area contributed by atoms with E-state index in [1.807, 2.05) is 24.4 Å². The van der Waals surface area contributed by atoms with Crippen LogP contribution in [-0.2, 0) is 13.0 Å². The zero-order valence-corrected chi connectivity index (χ0v) is 11.8. The van der Waals surface area contributed by atoms with Crippen molar-refractivity contribution in [2.45, 2.75) is 13.0 Å². The number of ether oxygens (including phenoxy) is 2. The molecule has 0 aliphatic heterocycles. The third-order valence-electron chi connectivity index (χ3n) is 2.94. The smallest absolute Gasteiger partial charge is 0.183 e. The summed E-state index contributed by atoms with van der Waals surface area (Å²) in [6, 6.07) is 7.72. The first-order chi connectivity index (χ1) is 9.85. The Morgan fingerprint density at radius 3 is 2.65 bits per heavy atom. The standard InChI is InChI=1S/C15H19N3O2/c1-19-14-7-10-18-13(15(14)20-2)11-16-9-6-12-5-3-4-8-17-12/h3-5,7-8,10,16H,6,9,11H2,1-2H3. The van der Waals surface area contributed by atoms with E-state index in [2.05, 4.69) is 15.3 Å². The fourth-order valence-corrected chi connectivity index (χ4v) is 1.95. The minimum Gasteiger partial charge on any atom is -0.493 e. The second kappa shape index (κ2) is 7.45. The van der Waals surface area contributed by atoms with Crippen LogP contribution >= 0.6 is 0 Å². The Balaban J connectivity index is 1.88. The largest absolute Gasteiger partial charge is 0.493 e. The third-order valence-corrected chi connectivity index (χ3v) is 2.94. The maximum Gasteiger partial charge on any atom is 0.183 e. The Morgan fingerprint density at radius 2 is 1.95 bits per heavy atom. The van der Waals surface area contributed by atoms with Crippen LogP contribution in [0.15, 0.2) is 36.7 Å². The molecule has 2 heterocycles. The van der Waals surface area contributed by atoms with Gasteiger partial charge in [-0.05, 0) is 12.1 Å². The van der Waals surface area contributed by atoms with E-state index in [1.165, 1.54) is 0 Å². The predicted octanol–water partition coefficient (Wildman–Crippen LogP) is 1.83. The van der Waals surface area contributed by atoms with Crippen LogP contribution < -0.4 is 14.8 Å². The van der Waals surface area contributed by atoms with Gasteiger partial charge < -0.3 is 14.8 Å². The monoisotopic (exact) mass is 273 g/mol. The first-order valence-electron chi connectivity index (χ1n) is 6.51. The summed E-state index contributed by atoms with van der Waals surface area (Å²) < 4.78 is 10.6. The van der Waals surface area contributed by atoms with Crippen molar-refractivity contribution >= 4 is 0 Å². The maximum absolute atomic E-state index is 5.34. The average Bonchev–Trinajstić information content (AvgIpc) is 2.52. The summed E-state index contributed by atoms with van der Waals surface area (Å²) in [5.74, 6) is 1.38. The van der Waals surface area contributed by atoms with Crippen LogP contribution in [0.1, 0.15) is 11.4 Å². The summed E-state index contributed by atoms with van der Waals surface area (Å²) in [6.45, 7) is 1.46. The Kier molecular flexibility index (Phi) is 5.32. The molecule has 2 aromatic rings. The van der Waals surface area contributed by atoms with Crippen LogP contribution in [0.4, 0.5) is 0 Å². The quantitative estimate of drug-likeness (QED) is 0.780. The number of hydrogen-bond acceptors (Lipinski definition) is 5. The van der Waals surface area contributed by atoms with Crippen LogP contribution in [0.3, 0.4) is 0 Å². The second-order valence-electron chi connectivity index (χ2n) is 4.24. The SMILES string of the molecule is COc1ccnc(CNCCc2ccccn2)c1OC. The van der Waals surface area contributed by atoms with E-state index in [0.29, 0.717) is 18.0 Å². The van der Waals surface area contributed by atoms with Crippen molar-refractivity contribution in [1.29, 1.82) is 0 Å². The molecule has 5 heteroatoms. The van der Waals surface area contributed by atoms with Gasteiger partial charge in [0, 0.05) is 43.7 Å². The molecule has 0 saturated heterocycles. The summed E-state index contributed by atoms with van der Waals surface area (Å²) in [4.78, 5) is 8.60. The molecule has 0 aliphatic carbocycles. The predicted molar refractivity (Wildman–Crippen MR) is 77.0 cm³/mol. The van der Waals surface area contributed by atoms with Gasteiger partial charge in [-0.1, -0.05) is 6.07 Å². The van der Waals surface area contributed by atoms with Gasteiger partial charge in [0.2, 0.25) is 0 Å². The second-order valence-corrected chi connectivity index (χ2v) is 4.24. The molecule has 0 fully saturated rings. The summed E-state index contributed by atoms with van der Waals surface area (Å²) >= 11 is 0. The van der Waals surface area contributed by atoms with Crippen molar-refractivity contribution < 1.29 is 9.47 Å². The molecule has 106 valence electrons. The molecule has 0 bridgehead atoms. The Hall–Kier alpha value is -2.14. The number of pyridine rings is 2. The van der Waals surface area contributed by atoms with Gasteiger partial charge in [-0.3, -0.25) is 9.97 Å².